The number of hydrogen-bond donors (Lipinski definition) is 2. The van der Waals surface area contributed by atoms with Gasteiger partial charge >= 0.3 is 12.0 Å². The second-order valence-electron chi connectivity index (χ2n) is 6.04. The molecule has 0 aliphatic carbocycles. The van der Waals surface area contributed by atoms with Crippen molar-refractivity contribution in [2.75, 3.05) is 5.32 Å². The number of benzene rings is 1. The number of carboxylic acids is 1. The van der Waals surface area contributed by atoms with E-state index in [-0.39, 0.29) is 5.69 Å². The fraction of sp³-hybridized carbons (Fsp3) is 0. The SMILES string of the molecule is N#Cc1cncc(-c2ccc3c(c2)c(C(=O)O)nn3C(=O)Nc2cccnc2)c1. The molecule has 0 saturated heterocycles. The molecule has 2 N–H and O–H groups in total. The van der Waals surface area contributed by atoms with Crippen LogP contribution in [0.5, 0.6) is 0 Å². The molecule has 0 aliphatic heterocycles. The highest BCUT2D eigenvalue weighted by atomic mass is 16.4. The molecule has 0 bridgehead atoms. The lowest BCUT2D eigenvalue weighted by atomic mass is 10.0. The van der Waals surface area contributed by atoms with E-state index in [9.17, 15) is 14.7 Å². The van der Waals surface area contributed by atoms with Gasteiger partial charge in [0.25, 0.3) is 0 Å². The summed E-state index contributed by atoms with van der Waals surface area (Å²) in [6, 6.07) is 11.3. The highest BCUT2D eigenvalue weighted by molar-refractivity contribution is 6.06. The molecule has 29 heavy (non-hydrogen) atoms. The number of anilines is 1. The molecule has 0 spiro atoms. The fourth-order valence-electron chi connectivity index (χ4n) is 2.88. The molecule has 9 heteroatoms. The Hall–Kier alpha value is -4.58. The van der Waals surface area contributed by atoms with E-state index in [2.05, 4.69) is 20.4 Å². The number of pyridine rings is 2. The Morgan fingerprint density at radius 2 is 1.93 bits per heavy atom. The normalized spacial score (nSPS) is 10.4. The Labute approximate surface area is 163 Å². The number of carboxylic acid groups (broad SMARTS) is 1. The van der Waals surface area contributed by atoms with Crippen molar-refractivity contribution in [3.63, 3.8) is 0 Å². The number of aromatic nitrogens is 4. The second kappa shape index (κ2) is 7.21. The van der Waals surface area contributed by atoms with Gasteiger partial charge < -0.3 is 10.4 Å². The summed E-state index contributed by atoms with van der Waals surface area (Å²) in [7, 11) is 0. The number of rotatable bonds is 3. The number of carbonyl (C=O) groups excluding carboxylic acids is 1. The predicted octanol–water partition coefficient (Wildman–Crippen LogP) is 3.14. The molecular weight excluding hydrogens is 372 g/mol. The number of fused-ring (bicyclic) bond motifs is 1. The van der Waals surface area contributed by atoms with Crippen LogP contribution in [0.25, 0.3) is 22.0 Å². The molecule has 9 nitrogen and oxygen atoms in total. The van der Waals surface area contributed by atoms with E-state index in [1.807, 2.05) is 6.07 Å². The highest BCUT2D eigenvalue weighted by Crippen LogP contribution is 2.27. The Kier molecular flexibility index (Phi) is 4.43. The van der Waals surface area contributed by atoms with Gasteiger partial charge in [0.1, 0.15) is 6.07 Å². The summed E-state index contributed by atoms with van der Waals surface area (Å²) in [6.45, 7) is 0. The molecule has 0 radical (unpaired) electrons. The molecule has 4 rings (SSSR count). The zero-order chi connectivity index (χ0) is 20.4. The lowest BCUT2D eigenvalue weighted by Crippen LogP contribution is -2.21. The van der Waals surface area contributed by atoms with Crippen molar-refractivity contribution < 1.29 is 14.7 Å². The summed E-state index contributed by atoms with van der Waals surface area (Å²) in [5, 5.41) is 25.5. The Bertz CT molecular complexity index is 1290. The van der Waals surface area contributed by atoms with E-state index in [0.717, 1.165) is 4.68 Å². The summed E-state index contributed by atoms with van der Waals surface area (Å²) >= 11 is 0. The first-order valence-corrected chi connectivity index (χ1v) is 8.40. The minimum absolute atomic E-state index is 0.257. The van der Waals surface area contributed by atoms with Gasteiger partial charge in [0, 0.05) is 29.5 Å². The fourth-order valence-corrected chi connectivity index (χ4v) is 2.88. The maximum Gasteiger partial charge on any atom is 0.357 e. The minimum atomic E-state index is -1.26. The first kappa shape index (κ1) is 17.8. The Morgan fingerprint density at radius 3 is 2.66 bits per heavy atom. The van der Waals surface area contributed by atoms with Crippen LogP contribution >= 0.6 is 0 Å². The van der Waals surface area contributed by atoms with Gasteiger partial charge in [0.05, 0.1) is 23.0 Å². The standard InChI is InChI=1S/C20H12N6O3/c21-8-12-6-14(10-23-9-12)13-3-4-17-16(7-13)18(19(27)28)25-26(17)20(29)24-15-2-1-5-22-11-15/h1-7,9-11H,(H,24,29)(H,27,28). The number of nitrogens with one attached hydrogen (secondary N) is 1. The van der Waals surface area contributed by atoms with Crippen LogP contribution in [0.15, 0.2) is 61.2 Å². The maximum atomic E-state index is 12.6. The third-order valence-electron chi connectivity index (χ3n) is 4.19. The summed E-state index contributed by atoms with van der Waals surface area (Å²) in [5.74, 6) is -1.26. The zero-order valence-corrected chi connectivity index (χ0v) is 14.8. The predicted molar refractivity (Wildman–Crippen MR) is 103 cm³/mol. The van der Waals surface area contributed by atoms with Crippen molar-refractivity contribution in [2.24, 2.45) is 0 Å². The van der Waals surface area contributed by atoms with E-state index in [1.165, 1.54) is 12.4 Å². The molecule has 1 aromatic carbocycles. The van der Waals surface area contributed by atoms with E-state index in [1.54, 1.807) is 48.8 Å². The van der Waals surface area contributed by atoms with Crippen LogP contribution in [0.1, 0.15) is 16.1 Å². The van der Waals surface area contributed by atoms with Gasteiger partial charge in [-0.05, 0) is 35.9 Å². The summed E-state index contributed by atoms with van der Waals surface area (Å²) < 4.78 is 1.000. The van der Waals surface area contributed by atoms with Crippen molar-refractivity contribution >= 4 is 28.6 Å². The molecule has 0 fully saturated rings. The van der Waals surface area contributed by atoms with Crippen molar-refractivity contribution in [2.45, 2.75) is 0 Å². The van der Waals surface area contributed by atoms with E-state index in [4.69, 9.17) is 5.26 Å². The van der Waals surface area contributed by atoms with Gasteiger partial charge in [-0.2, -0.15) is 15.0 Å². The molecule has 140 valence electrons. The molecule has 0 atom stereocenters. The minimum Gasteiger partial charge on any atom is -0.476 e. The second-order valence-corrected chi connectivity index (χ2v) is 6.04. The monoisotopic (exact) mass is 384 g/mol. The van der Waals surface area contributed by atoms with Crippen molar-refractivity contribution in [3.05, 3.63) is 72.4 Å². The Morgan fingerprint density at radius 1 is 1.07 bits per heavy atom. The first-order valence-electron chi connectivity index (χ1n) is 8.40. The lowest BCUT2D eigenvalue weighted by Gasteiger charge is -2.06. The summed E-state index contributed by atoms with van der Waals surface area (Å²) in [6.07, 6.45) is 6.04. The quantitative estimate of drug-likeness (QED) is 0.554. The number of aromatic carboxylic acids is 1. The molecule has 3 aromatic heterocycles. The number of nitriles is 1. The van der Waals surface area contributed by atoms with Crippen molar-refractivity contribution in [1.29, 1.82) is 5.26 Å². The van der Waals surface area contributed by atoms with Crippen LogP contribution < -0.4 is 5.32 Å². The summed E-state index contributed by atoms with van der Waals surface area (Å²) in [4.78, 5) is 32.2. The summed E-state index contributed by atoms with van der Waals surface area (Å²) in [5.41, 5.74) is 2.21. The van der Waals surface area contributed by atoms with Crippen molar-refractivity contribution in [1.82, 2.24) is 19.7 Å². The zero-order valence-electron chi connectivity index (χ0n) is 14.8. The molecule has 1 amide bonds. The van der Waals surface area contributed by atoms with Crippen molar-refractivity contribution in [3.8, 4) is 17.2 Å². The largest absolute Gasteiger partial charge is 0.476 e. The van der Waals surface area contributed by atoms with Gasteiger partial charge in [-0.25, -0.2) is 9.59 Å². The van der Waals surface area contributed by atoms with E-state index < -0.39 is 12.0 Å². The number of nitrogens with zero attached hydrogens (tertiary/aromatic N) is 5. The van der Waals surface area contributed by atoms with Crippen LogP contribution in [0, 0.1) is 11.3 Å². The average Bonchev–Trinajstić information content (AvgIpc) is 3.14. The van der Waals surface area contributed by atoms with Crippen LogP contribution in [0.2, 0.25) is 0 Å². The van der Waals surface area contributed by atoms with Gasteiger partial charge in [0.2, 0.25) is 0 Å². The third-order valence-corrected chi connectivity index (χ3v) is 4.19. The molecule has 3 heterocycles. The van der Waals surface area contributed by atoms with Crippen LogP contribution in [-0.4, -0.2) is 36.9 Å². The molecular formula is C20H12N6O3. The Balaban J connectivity index is 1.80. The van der Waals surface area contributed by atoms with Gasteiger partial charge in [-0.15, -0.1) is 0 Å². The highest BCUT2D eigenvalue weighted by Gasteiger charge is 2.21. The molecule has 0 aliphatic rings. The first-order chi connectivity index (χ1) is 14.1. The smallest absolute Gasteiger partial charge is 0.357 e. The molecule has 0 saturated carbocycles. The number of carbonyl (C=O) groups is 2. The molecule has 4 aromatic rings. The van der Waals surface area contributed by atoms with Crippen LogP contribution in [0.3, 0.4) is 0 Å². The molecule has 0 unspecified atom stereocenters. The third kappa shape index (κ3) is 3.38. The maximum absolute atomic E-state index is 12.6. The van der Waals surface area contributed by atoms with Gasteiger partial charge in [-0.1, -0.05) is 6.07 Å². The van der Waals surface area contributed by atoms with E-state index in [0.29, 0.717) is 33.3 Å². The lowest BCUT2D eigenvalue weighted by molar-refractivity contribution is 0.0692. The number of amides is 1. The number of hydrogen-bond acceptors (Lipinski definition) is 6. The van der Waals surface area contributed by atoms with Crippen LogP contribution in [-0.2, 0) is 0 Å². The van der Waals surface area contributed by atoms with Gasteiger partial charge in [-0.3, -0.25) is 9.97 Å². The topological polar surface area (TPSA) is 134 Å². The van der Waals surface area contributed by atoms with Gasteiger partial charge in [0.15, 0.2) is 5.69 Å². The van der Waals surface area contributed by atoms with Crippen LogP contribution in [0.4, 0.5) is 10.5 Å². The van der Waals surface area contributed by atoms with E-state index >= 15 is 0 Å². The average molecular weight is 384 g/mol.